The largest absolute Gasteiger partial charge is 0.466 e. The van der Waals surface area contributed by atoms with Crippen LogP contribution in [0.3, 0.4) is 0 Å². The molecular formula is C32H64N2O2S. The van der Waals surface area contributed by atoms with Crippen LogP contribution in [-0.2, 0) is 9.53 Å². The van der Waals surface area contributed by atoms with E-state index in [-0.39, 0.29) is 5.97 Å². The molecule has 0 spiro atoms. The van der Waals surface area contributed by atoms with E-state index in [4.69, 9.17) is 15.5 Å². The van der Waals surface area contributed by atoms with Gasteiger partial charge in [0.15, 0.2) is 0 Å². The van der Waals surface area contributed by atoms with Gasteiger partial charge in [-0.3, -0.25) is 9.79 Å². The van der Waals surface area contributed by atoms with Gasteiger partial charge in [-0.05, 0) is 37.4 Å². The first kappa shape index (κ1) is 36.3. The summed E-state index contributed by atoms with van der Waals surface area (Å²) in [5, 5.41) is 0. The second kappa shape index (κ2) is 29.8. The van der Waals surface area contributed by atoms with Crippen LogP contribution in [0.15, 0.2) is 4.99 Å². The fraction of sp³-hybridized carbons (Fsp3) is 0.938. The lowest BCUT2D eigenvalue weighted by Crippen LogP contribution is -2.15. The molecule has 220 valence electrons. The molecule has 0 saturated carbocycles. The Labute approximate surface area is 236 Å². The summed E-state index contributed by atoms with van der Waals surface area (Å²) in [6.07, 6.45) is 27.3. The fourth-order valence-electron chi connectivity index (χ4n) is 4.66. The third-order valence-corrected chi connectivity index (χ3v) is 8.24. The lowest BCUT2D eigenvalue weighted by atomic mass is 9.94. The molecule has 0 aromatic heterocycles. The van der Waals surface area contributed by atoms with Crippen LogP contribution in [0.1, 0.15) is 162 Å². The number of nitrogens with zero attached hydrogens (tertiary/aromatic N) is 1. The van der Waals surface area contributed by atoms with Gasteiger partial charge in [0, 0.05) is 18.7 Å². The van der Waals surface area contributed by atoms with Crippen LogP contribution in [0.25, 0.3) is 0 Å². The van der Waals surface area contributed by atoms with Gasteiger partial charge in [0.1, 0.15) is 0 Å². The molecule has 2 N–H and O–H groups in total. The normalized spacial score (nSPS) is 12.7. The average Bonchev–Trinajstić information content (AvgIpc) is 2.90. The smallest absolute Gasteiger partial charge is 0.306 e. The summed E-state index contributed by atoms with van der Waals surface area (Å²) in [6.45, 7) is 8.29. The number of carbonyl (C=O) groups excluding carboxylic acids is 1. The summed E-state index contributed by atoms with van der Waals surface area (Å²) in [7, 11) is 0. The van der Waals surface area contributed by atoms with Crippen LogP contribution in [0.4, 0.5) is 0 Å². The molecule has 37 heavy (non-hydrogen) atoms. The molecule has 0 radical (unpaired) electrons. The summed E-state index contributed by atoms with van der Waals surface area (Å²) in [5.74, 6) is 3.33. The topological polar surface area (TPSA) is 64.7 Å². The zero-order valence-electron chi connectivity index (χ0n) is 25.2. The molecule has 1 atom stereocenters. The molecule has 0 bridgehead atoms. The zero-order chi connectivity index (χ0) is 27.2. The summed E-state index contributed by atoms with van der Waals surface area (Å²) < 4.78 is 5.37. The highest BCUT2D eigenvalue weighted by atomic mass is 32.2. The van der Waals surface area contributed by atoms with Gasteiger partial charge in [0.05, 0.1) is 18.9 Å². The lowest BCUT2D eigenvalue weighted by molar-refractivity contribution is -0.143. The van der Waals surface area contributed by atoms with Crippen molar-refractivity contribution in [1.29, 1.82) is 0 Å². The Morgan fingerprint density at radius 2 is 1.19 bits per heavy atom. The number of ether oxygens (including phenoxy) is 1. The first-order chi connectivity index (χ1) is 18.1. The zero-order valence-corrected chi connectivity index (χ0v) is 26.0. The van der Waals surface area contributed by atoms with E-state index in [9.17, 15) is 4.79 Å². The molecule has 0 rings (SSSR count). The van der Waals surface area contributed by atoms with Crippen LogP contribution in [0.5, 0.6) is 0 Å². The Morgan fingerprint density at radius 1 is 0.676 bits per heavy atom. The van der Waals surface area contributed by atoms with Crippen LogP contribution in [-0.4, -0.2) is 36.5 Å². The van der Waals surface area contributed by atoms with Crippen LogP contribution >= 0.6 is 11.8 Å². The molecule has 0 amide bonds. The number of unbranched alkanes of at least 4 members (excludes halogenated alkanes) is 14. The van der Waals surface area contributed by atoms with Gasteiger partial charge >= 0.3 is 5.97 Å². The van der Waals surface area contributed by atoms with Crippen molar-refractivity contribution in [1.82, 2.24) is 0 Å². The third-order valence-electron chi connectivity index (χ3n) is 7.17. The number of rotatable bonds is 29. The minimum absolute atomic E-state index is 0.0464. The van der Waals surface area contributed by atoms with E-state index in [1.807, 2.05) is 11.8 Å². The monoisotopic (exact) mass is 540 g/mol. The maximum atomic E-state index is 11.9. The molecular weight excluding hydrogens is 476 g/mol. The van der Waals surface area contributed by atoms with Crippen molar-refractivity contribution >= 4 is 23.6 Å². The first-order valence-electron chi connectivity index (χ1n) is 16.2. The van der Waals surface area contributed by atoms with Crippen molar-refractivity contribution in [2.75, 3.05) is 24.7 Å². The Kier molecular flexibility index (Phi) is 29.3. The number of aliphatic imine (C=N–C) groups is 1. The maximum absolute atomic E-state index is 11.9. The molecule has 5 heteroatoms. The summed E-state index contributed by atoms with van der Waals surface area (Å²) >= 11 is 1.83. The van der Waals surface area contributed by atoms with Gasteiger partial charge in [-0.1, -0.05) is 124 Å². The van der Waals surface area contributed by atoms with Crippen molar-refractivity contribution in [2.45, 2.75) is 162 Å². The predicted octanol–water partition coefficient (Wildman–Crippen LogP) is 9.88. The van der Waals surface area contributed by atoms with E-state index >= 15 is 0 Å². The van der Waals surface area contributed by atoms with E-state index < -0.39 is 0 Å². The van der Waals surface area contributed by atoms with E-state index in [2.05, 4.69) is 20.8 Å². The second-order valence-electron chi connectivity index (χ2n) is 10.9. The van der Waals surface area contributed by atoms with E-state index in [1.165, 1.54) is 116 Å². The lowest BCUT2D eigenvalue weighted by Gasteiger charge is -2.15. The molecule has 0 fully saturated rings. The summed E-state index contributed by atoms with van der Waals surface area (Å²) in [5.41, 5.74) is 6.25. The predicted molar refractivity (Wildman–Crippen MR) is 167 cm³/mol. The highest BCUT2D eigenvalue weighted by Gasteiger charge is 2.09. The van der Waals surface area contributed by atoms with Crippen LogP contribution < -0.4 is 5.73 Å². The molecule has 0 aliphatic rings. The Bertz CT molecular complexity index is 513. The fourth-order valence-corrected chi connectivity index (χ4v) is 5.52. The third kappa shape index (κ3) is 28.1. The van der Waals surface area contributed by atoms with Crippen LogP contribution in [0, 0.1) is 5.92 Å². The summed E-state index contributed by atoms with van der Waals surface area (Å²) in [4.78, 5) is 16.7. The Morgan fingerprint density at radius 3 is 1.78 bits per heavy atom. The molecule has 0 saturated heterocycles. The number of esters is 1. The minimum Gasteiger partial charge on any atom is -0.466 e. The molecule has 4 nitrogen and oxygen atoms in total. The van der Waals surface area contributed by atoms with Crippen molar-refractivity contribution in [2.24, 2.45) is 16.6 Å². The van der Waals surface area contributed by atoms with Crippen molar-refractivity contribution in [3.8, 4) is 0 Å². The number of amidine groups is 1. The van der Waals surface area contributed by atoms with E-state index in [0.29, 0.717) is 18.9 Å². The number of hydrogen-bond acceptors (Lipinski definition) is 4. The van der Waals surface area contributed by atoms with E-state index in [1.54, 1.807) is 0 Å². The Hall–Kier alpha value is -0.710. The van der Waals surface area contributed by atoms with Crippen LogP contribution in [0.2, 0.25) is 0 Å². The molecule has 0 aromatic rings. The van der Waals surface area contributed by atoms with Gasteiger partial charge < -0.3 is 10.5 Å². The Balaban J connectivity index is 3.88. The van der Waals surface area contributed by atoms with Crippen molar-refractivity contribution in [3.63, 3.8) is 0 Å². The van der Waals surface area contributed by atoms with Gasteiger partial charge in [-0.15, -0.1) is 0 Å². The standard InChI is InChI=1S/C32H64N2O2S/c1-4-7-10-13-15-17-20-26-36-32(35)25-28-37-27-21-24-31(33)34-29-30(22-18-12-9-6-3)23-19-16-14-11-8-5-2/h30H,4-29H2,1-3H3,(H2,33,34). The molecule has 0 aromatic carbocycles. The SMILES string of the molecule is CCCCCCCCCOC(=O)CCSCCCC(N)=NCC(CCCCCC)CCCCCCCC. The number of hydrogen-bond donors (Lipinski definition) is 1. The van der Waals surface area contributed by atoms with Crippen molar-refractivity contribution < 1.29 is 9.53 Å². The van der Waals surface area contributed by atoms with Gasteiger partial charge in [0.25, 0.3) is 0 Å². The van der Waals surface area contributed by atoms with Crippen molar-refractivity contribution in [3.05, 3.63) is 0 Å². The molecule has 0 aliphatic carbocycles. The minimum atomic E-state index is -0.0464. The number of nitrogens with two attached hydrogens (primary N) is 1. The first-order valence-corrected chi connectivity index (χ1v) is 17.3. The highest BCUT2D eigenvalue weighted by Crippen LogP contribution is 2.19. The number of carbonyl (C=O) groups is 1. The van der Waals surface area contributed by atoms with Gasteiger partial charge in [0.2, 0.25) is 0 Å². The number of thioether (sulfide) groups is 1. The maximum Gasteiger partial charge on any atom is 0.306 e. The van der Waals surface area contributed by atoms with Gasteiger partial charge in [-0.25, -0.2) is 0 Å². The quantitative estimate of drug-likeness (QED) is 0.0443. The van der Waals surface area contributed by atoms with Gasteiger partial charge in [-0.2, -0.15) is 11.8 Å². The molecule has 0 heterocycles. The van der Waals surface area contributed by atoms with E-state index in [0.717, 1.165) is 43.1 Å². The average molecular weight is 541 g/mol. The second-order valence-corrected chi connectivity index (χ2v) is 12.1. The molecule has 1 unspecified atom stereocenters. The molecule has 0 aliphatic heterocycles. The summed E-state index contributed by atoms with van der Waals surface area (Å²) in [6, 6.07) is 0. The highest BCUT2D eigenvalue weighted by molar-refractivity contribution is 7.99.